The summed E-state index contributed by atoms with van der Waals surface area (Å²) in [5, 5.41) is 6.99. The number of thiazole rings is 1. The number of aromatic nitrogens is 4. The van der Waals surface area contributed by atoms with Crippen molar-refractivity contribution < 1.29 is 9.26 Å². The zero-order chi connectivity index (χ0) is 17.8. The van der Waals surface area contributed by atoms with Crippen molar-refractivity contribution in [3.8, 4) is 28.4 Å². The van der Waals surface area contributed by atoms with E-state index in [9.17, 15) is 0 Å². The maximum Gasteiger partial charge on any atom is 0.233 e. The summed E-state index contributed by atoms with van der Waals surface area (Å²) >= 11 is 1.58. The fraction of sp³-hybridized carbons (Fsp3) is 0.158. The molecule has 0 bridgehead atoms. The third-order valence-corrected chi connectivity index (χ3v) is 4.57. The van der Waals surface area contributed by atoms with Gasteiger partial charge in [-0.2, -0.15) is 4.98 Å². The van der Waals surface area contributed by atoms with Crippen molar-refractivity contribution in [2.45, 2.75) is 13.3 Å². The summed E-state index contributed by atoms with van der Waals surface area (Å²) in [6, 6.07) is 11.6. The smallest absolute Gasteiger partial charge is 0.233 e. The minimum absolute atomic E-state index is 0.514. The van der Waals surface area contributed by atoms with E-state index in [1.807, 2.05) is 48.7 Å². The Balaban J connectivity index is 1.48. The molecule has 6 nitrogen and oxygen atoms in total. The lowest BCUT2D eigenvalue weighted by Gasteiger charge is -2.03. The van der Waals surface area contributed by atoms with Crippen LogP contribution in [-0.2, 0) is 6.42 Å². The number of pyridine rings is 1. The molecular formula is C19H16N4O2S. The highest BCUT2D eigenvalue weighted by molar-refractivity contribution is 7.10. The highest BCUT2D eigenvalue weighted by Gasteiger charge is 2.12. The van der Waals surface area contributed by atoms with Crippen LogP contribution in [0.3, 0.4) is 0 Å². The van der Waals surface area contributed by atoms with Gasteiger partial charge in [0.25, 0.3) is 0 Å². The molecule has 7 heteroatoms. The zero-order valence-corrected chi connectivity index (χ0v) is 14.9. The fourth-order valence-corrected chi connectivity index (χ4v) is 3.28. The second-order valence-corrected chi connectivity index (χ2v) is 6.45. The van der Waals surface area contributed by atoms with Crippen LogP contribution in [0.4, 0.5) is 0 Å². The maximum atomic E-state index is 5.47. The third kappa shape index (κ3) is 3.62. The molecule has 130 valence electrons. The molecule has 0 atom stereocenters. The Morgan fingerprint density at radius 1 is 1.00 bits per heavy atom. The molecular weight excluding hydrogens is 348 g/mol. The lowest BCUT2D eigenvalue weighted by molar-refractivity contribution is 0.340. The molecule has 0 unspecified atom stereocenters. The Kier molecular flexibility index (Phi) is 4.70. The van der Waals surface area contributed by atoms with E-state index < -0.39 is 0 Å². The highest BCUT2D eigenvalue weighted by Crippen LogP contribution is 2.25. The molecule has 0 aliphatic rings. The van der Waals surface area contributed by atoms with Gasteiger partial charge in [-0.25, -0.2) is 4.98 Å². The molecule has 0 saturated heterocycles. The molecule has 4 aromatic rings. The van der Waals surface area contributed by atoms with Crippen molar-refractivity contribution in [1.29, 1.82) is 0 Å². The molecule has 0 saturated carbocycles. The van der Waals surface area contributed by atoms with Gasteiger partial charge in [-0.3, -0.25) is 4.98 Å². The molecule has 0 spiro atoms. The Morgan fingerprint density at radius 3 is 2.58 bits per heavy atom. The Hall–Kier alpha value is -3.06. The second-order valence-electron chi connectivity index (χ2n) is 5.51. The molecule has 0 fully saturated rings. The van der Waals surface area contributed by atoms with Gasteiger partial charge in [-0.1, -0.05) is 5.16 Å². The van der Waals surface area contributed by atoms with Crippen molar-refractivity contribution in [2.75, 3.05) is 6.61 Å². The first-order valence-corrected chi connectivity index (χ1v) is 9.10. The van der Waals surface area contributed by atoms with E-state index in [0.29, 0.717) is 24.7 Å². The van der Waals surface area contributed by atoms with Crippen LogP contribution in [0.15, 0.2) is 58.7 Å². The normalized spacial score (nSPS) is 10.8. The van der Waals surface area contributed by atoms with Gasteiger partial charge in [0.2, 0.25) is 11.7 Å². The number of hydrogen-bond acceptors (Lipinski definition) is 7. The largest absolute Gasteiger partial charge is 0.494 e. The van der Waals surface area contributed by atoms with Crippen LogP contribution >= 0.6 is 11.3 Å². The van der Waals surface area contributed by atoms with E-state index in [4.69, 9.17) is 9.26 Å². The van der Waals surface area contributed by atoms with E-state index in [0.717, 1.165) is 27.6 Å². The summed E-state index contributed by atoms with van der Waals surface area (Å²) in [4.78, 5) is 13.1. The molecule has 1 aromatic carbocycles. The summed E-state index contributed by atoms with van der Waals surface area (Å²) in [6.45, 7) is 2.63. The van der Waals surface area contributed by atoms with E-state index in [1.54, 1.807) is 23.7 Å². The number of ether oxygens (including phenoxy) is 1. The van der Waals surface area contributed by atoms with Gasteiger partial charge in [-0.05, 0) is 43.3 Å². The van der Waals surface area contributed by atoms with Gasteiger partial charge >= 0.3 is 0 Å². The van der Waals surface area contributed by atoms with Gasteiger partial charge < -0.3 is 9.26 Å². The molecule has 0 aliphatic carbocycles. The maximum absolute atomic E-state index is 5.47. The van der Waals surface area contributed by atoms with Crippen LogP contribution in [0.2, 0.25) is 0 Å². The molecule has 0 N–H and O–H groups in total. The molecule has 0 aliphatic heterocycles. The lowest BCUT2D eigenvalue weighted by atomic mass is 10.2. The van der Waals surface area contributed by atoms with Crippen molar-refractivity contribution >= 4 is 11.3 Å². The first kappa shape index (κ1) is 16.4. The minimum Gasteiger partial charge on any atom is -0.494 e. The van der Waals surface area contributed by atoms with E-state index in [-0.39, 0.29) is 0 Å². The minimum atomic E-state index is 0.514. The summed E-state index contributed by atoms with van der Waals surface area (Å²) in [7, 11) is 0. The molecule has 3 heterocycles. The lowest BCUT2D eigenvalue weighted by Crippen LogP contribution is -1.91. The van der Waals surface area contributed by atoms with Gasteiger partial charge in [0.05, 0.1) is 18.7 Å². The first-order valence-electron chi connectivity index (χ1n) is 8.22. The van der Waals surface area contributed by atoms with Gasteiger partial charge in [0.1, 0.15) is 10.8 Å². The predicted molar refractivity (Wildman–Crippen MR) is 99.1 cm³/mol. The van der Waals surface area contributed by atoms with Crippen LogP contribution in [0.1, 0.15) is 17.8 Å². The van der Waals surface area contributed by atoms with Crippen molar-refractivity contribution in [2.24, 2.45) is 0 Å². The van der Waals surface area contributed by atoms with Crippen LogP contribution in [0.5, 0.6) is 5.75 Å². The van der Waals surface area contributed by atoms with E-state index >= 15 is 0 Å². The van der Waals surface area contributed by atoms with Crippen LogP contribution in [-0.4, -0.2) is 26.7 Å². The summed E-state index contributed by atoms with van der Waals surface area (Å²) < 4.78 is 10.8. The topological polar surface area (TPSA) is 73.9 Å². The highest BCUT2D eigenvalue weighted by atomic mass is 32.1. The number of nitrogens with zero attached hydrogens (tertiary/aromatic N) is 4. The zero-order valence-electron chi connectivity index (χ0n) is 14.1. The SMILES string of the molecule is CCOc1ccc(-c2csc(Cc3nc(-c4ccncc4)no3)n2)cc1. The molecule has 26 heavy (non-hydrogen) atoms. The van der Waals surface area contributed by atoms with Crippen molar-refractivity contribution in [3.05, 3.63) is 65.1 Å². The first-order chi connectivity index (χ1) is 12.8. The Labute approximate surface area is 154 Å². The van der Waals surface area contributed by atoms with Crippen molar-refractivity contribution in [1.82, 2.24) is 20.1 Å². The summed E-state index contributed by atoms with van der Waals surface area (Å²) in [5.41, 5.74) is 2.87. The van der Waals surface area contributed by atoms with Gasteiger partial charge in [-0.15, -0.1) is 11.3 Å². The molecule has 3 aromatic heterocycles. The second kappa shape index (κ2) is 7.45. The van der Waals surface area contributed by atoms with Gasteiger partial charge in [0.15, 0.2) is 0 Å². The summed E-state index contributed by atoms with van der Waals surface area (Å²) in [5.74, 6) is 1.97. The van der Waals surface area contributed by atoms with E-state index in [1.165, 1.54) is 0 Å². The van der Waals surface area contributed by atoms with E-state index in [2.05, 4.69) is 20.1 Å². The number of hydrogen-bond donors (Lipinski definition) is 0. The predicted octanol–water partition coefficient (Wildman–Crippen LogP) is 4.24. The fourth-order valence-electron chi connectivity index (χ4n) is 2.49. The Morgan fingerprint density at radius 2 is 1.81 bits per heavy atom. The Bertz CT molecular complexity index is 980. The third-order valence-electron chi connectivity index (χ3n) is 3.72. The standard InChI is InChI=1S/C19H16N4O2S/c1-2-24-15-5-3-13(4-6-15)16-12-26-18(21-16)11-17-22-19(23-25-17)14-7-9-20-10-8-14/h3-10,12H,2,11H2,1H3. The van der Waals surface area contributed by atoms with Crippen LogP contribution in [0.25, 0.3) is 22.6 Å². The molecule has 0 amide bonds. The quantitative estimate of drug-likeness (QED) is 0.509. The van der Waals surface area contributed by atoms with Crippen molar-refractivity contribution in [3.63, 3.8) is 0 Å². The monoisotopic (exact) mass is 364 g/mol. The molecule has 0 radical (unpaired) electrons. The van der Waals surface area contributed by atoms with Crippen LogP contribution in [0, 0.1) is 0 Å². The summed E-state index contributed by atoms with van der Waals surface area (Å²) in [6.07, 6.45) is 3.92. The number of rotatable bonds is 6. The van der Waals surface area contributed by atoms with Crippen LogP contribution < -0.4 is 4.74 Å². The van der Waals surface area contributed by atoms with Gasteiger partial charge in [0, 0.05) is 28.9 Å². The number of benzene rings is 1. The average Bonchev–Trinajstić information content (AvgIpc) is 3.34. The average molecular weight is 364 g/mol. The molecule has 4 rings (SSSR count).